The van der Waals surface area contributed by atoms with Crippen LogP contribution in [0.1, 0.15) is 11.8 Å². The zero-order valence-corrected chi connectivity index (χ0v) is 13.4. The number of hydrogen-bond acceptors (Lipinski definition) is 4. The Balaban J connectivity index is 1.60. The van der Waals surface area contributed by atoms with Gasteiger partial charge in [0.15, 0.2) is 6.10 Å². The van der Waals surface area contributed by atoms with Gasteiger partial charge >= 0.3 is 0 Å². The first-order valence-corrected chi connectivity index (χ1v) is 8.12. The van der Waals surface area contributed by atoms with Crippen LogP contribution in [0.2, 0.25) is 0 Å². The molecule has 0 saturated carbocycles. The predicted octanol–water partition coefficient (Wildman–Crippen LogP) is 3.82. The number of ether oxygens (including phenoxy) is 1. The van der Waals surface area contributed by atoms with E-state index in [0.29, 0.717) is 5.75 Å². The van der Waals surface area contributed by atoms with Crippen LogP contribution in [0.4, 0.5) is 0 Å². The Labute approximate surface area is 138 Å². The number of rotatable bonds is 5. The summed E-state index contributed by atoms with van der Waals surface area (Å²) in [6.45, 7) is 1.70. The Bertz CT molecular complexity index is 828. The quantitative estimate of drug-likeness (QED) is 0.573. The summed E-state index contributed by atoms with van der Waals surface area (Å²) in [7, 11) is 0. The lowest BCUT2D eigenvalue weighted by Gasteiger charge is -2.13. The zero-order valence-electron chi connectivity index (χ0n) is 12.6. The molecule has 0 fully saturated rings. The monoisotopic (exact) mass is 324 g/mol. The molecule has 1 unspecified atom stereocenters. The van der Waals surface area contributed by atoms with Crippen molar-refractivity contribution in [1.29, 1.82) is 0 Å². The predicted molar refractivity (Wildman–Crippen MR) is 94.1 cm³/mol. The highest BCUT2D eigenvalue weighted by Gasteiger charge is 2.14. The van der Waals surface area contributed by atoms with E-state index >= 15 is 0 Å². The molecule has 0 aliphatic carbocycles. The molecule has 0 aliphatic rings. The summed E-state index contributed by atoms with van der Waals surface area (Å²) in [5.41, 5.74) is 2.49. The van der Waals surface area contributed by atoms with E-state index in [2.05, 4.69) is 10.5 Å². The second-order valence-electron chi connectivity index (χ2n) is 5.02. The van der Waals surface area contributed by atoms with Crippen LogP contribution in [-0.4, -0.2) is 18.2 Å². The van der Waals surface area contributed by atoms with Crippen molar-refractivity contribution >= 4 is 34.2 Å². The normalized spacial score (nSPS) is 12.4. The van der Waals surface area contributed by atoms with E-state index in [1.165, 1.54) is 0 Å². The molecule has 1 heterocycles. The number of carbonyl (C=O) groups excluding carboxylic acids is 1. The van der Waals surface area contributed by atoms with Gasteiger partial charge in [-0.05, 0) is 41.3 Å². The summed E-state index contributed by atoms with van der Waals surface area (Å²) in [5, 5.41) is 8.10. The average Bonchev–Trinajstić information content (AvgIpc) is 3.08. The Morgan fingerprint density at radius 1 is 1.17 bits per heavy atom. The molecule has 4 nitrogen and oxygen atoms in total. The average molecular weight is 324 g/mol. The van der Waals surface area contributed by atoms with E-state index < -0.39 is 6.10 Å². The van der Waals surface area contributed by atoms with Gasteiger partial charge in [-0.15, -0.1) is 11.3 Å². The second-order valence-corrected chi connectivity index (χ2v) is 6.00. The van der Waals surface area contributed by atoms with Crippen LogP contribution >= 0.6 is 11.3 Å². The molecule has 1 atom stereocenters. The van der Waals surface area contributed by atoms with E-state index in [-0.39, 0.29) is 5.91 Å². The first-order valence-electron chi connectivity index (χ1n) is 7.24. The molecule has 0 aliphatic heterocycles. The fourth-order valence-electron chi connectivity index (χ4n) is 2.11. The number of carbonyl (C=O) groups is 1. The molecule has 0 bridgehead atoms. The maximum absolute atomic E-state index is 12.0. The molecule has 0 saturated heterocycles. The lowest BCUT2D eigenvalue weighted by molar-refractivity contribution is -0.127. The van der Waals surface area contributed by atoms with Crippen molar-refractivity contribution in [3.05, 3.63) is 64.9 Å². The van der Waals surface area contributed by atoms with Crippen molar-refractivity contribution in [2.24, 2.45) is 5.10 Å². The third-order valence-corrected chi connectivity index (χ3v) is 4.12. The third-order valence-electron chi connectivity index (χ3n) is 3.31. The maximum Gasteiger partial charge on any atom is 0.280 e. The lowest BCUT2D eigenvalue weighted by atomic mass is 10.1. The molecule has 0 spiro atoms. The van der Waals surface area contributed by atoms with Crippen molar-refractivity contribution < 1.29 is 9.53 Å². The largest absolute Gasteiger partial charge is 0.481 e. The zero-order chi connectivity index (χ0) is 16.1. The highest BCUT2D eigenvalue weighted by Crippen LogP contribution is 2.21. The summed E-state index contributed by atoms with van der Waals surface area (Å²) in [5.74, 6) is 0.375. The molecule has 5 heteroatoms. The number of thiophene rings is 1. The van der Waals surface area contributed by atoms with Gasteiger partial charge in [0.05, 0.1) is 6.21 Å². The molecule has 3 rings (SSSR count). The van der Waals surface area contributed by atoms with Gasteiger partial charge < -0.3 is 4.74 Å². The molecule has 116 valence electrons. The van der Waals surface area contributed by atoms with E-state index in [4.69, 9.17) is 4.74 Å². The smallest absolute Gasteiger partial charge is 0.280 e. The molecule has 1 amide bonds. The van der Waals surface area contributed by atoms with Gasteiger partial charge in [-0.2, -0.15) is 5.10 Å². The molecule has 1 N–H and O–H groups in total. The Morgan fingerprint density at radius 3 is 2.78 bits per heavy atom. The molecule has 1 aromatic heterocycles. The van der Waals surface area contributed by atoms with Crippen molar-refractivity contribution in [1.82, 2.24) is 5.43 Å². The summed E-state index contributed by atoms with van der Waals surface area (Å²) in [4.78, 5) is 13.0. The van der Waals surface area contributed by atoms with E-state index in [9.17, 15) is 4.79 Å². The number of hydrogen-bond donors (Lipinski definition) is 1. The van der Waals surface area contributed by atoms with Crippen LogP contribution in [-0.2, 0) is 4.79 Å². The fraction of sp³-hybridized carbons (Fsp3) is 0.111. The SMILES string of the molecule is CC(Oc1ccc2ccccc2c1)C(=O)NN=Cc1cccs1. The lowest BCUT2D eigenvalue weighted by Crippen LogP contribution is -2.33. The minimum absolute atomic E-state index is 0.286. The maximum atomic E-state index is 12.0. The second kappa shape index (κ2) is 7.07. The number of hydrazone groups is 1. The first-order chi connectivity index (χ1) is 11.2. The summed E-state index contributed by atoms with van der Waals surface area (Å²) in [6, 6.07) is 17.6. The van der Waals surface area contributed by atoms with Crippen molar-refractivity contribution in [3.63, 3.8) is 0 Å². The molecular weight excluding hydrogens is 308 g/mol. The highest BCUT2D eigenvalue weighted by atomic mass is 32.1. The minimum atomic E-state index is -0.628. The van der Waals surface area contributed by atoms with E-state index in [1.54, 1.807) is 24.5 Å². The van der Waals surface area contributed by atoms with Gasteiger partial charge in [0.1, 0.15) is 5.75 Å². The van der Waals surface area contributed by atoms with Gasteiger partial charge in [-0.3, -0.25) is 4.79 Å². The molecular formula is C18H16N2O2S. The summed E-state index contributed by atoms with van der Waals surface area (Å²) in [6.07, 6.45) is 0.988. The van der Waals surface area contributed by atoms with Crippen molar-refractivity contribution in [2.75, 3.05) is 0 Å². The Morgan fingerprint density at radius 2 is 2.00 bits per heavy atom. The molecule has 2 aromatic carbocycles. The van der Waals surface area contributed by atoms with Gasteiger partial charge in [0.25, 0.3) is 5.91 Å². The number of amides is 1. The van der Waals surface area contributed by atoms with Crippen LogP contribution in [0, 0.1) is 0 Å². The van der Waals surface area contributed by atoms with Crippen molar-refractivity contribution in [3.8, 4) is 5.75 Å². The van der Waals surface area contributed by atoms with Crippen LogP contribution < -0.4 is 10.2 Å². The van der Waals surface area contributed by atoms with Crippen molar-refractivity contribution in [2.45, 2.75) is 13.0 Å². The Kier molecular flexibility index (Phi) is 4.68. The topological polar surface area (TPSA) is 50.7 Å². The van der Waals surface area contributed by atoms with E-state index in [1.807, 2.05) is 60.0 Å². The van der Waals surface area contributed by atoms with E-state index in [0.717, 1.165) is 15.6 Å². The fourth-order valence-corrected chi connectivity index (χ4v) is 2.70. The summed E-state index contributed by atoms with van der Waals surface area (Å²) < 4.78 is 5.69. The molecule has 3 aromatic rings. The van der Waals surface area contributed by atoms with Gasteiger partial charge in [0.2, 0.25) is 0 Å². The first kappa shape index (κ1) is 15.2. The van der Waals surface area contributed by atoms with Crippen LogP contribution in [0.5, 0.6) is 5.75 Å². The molecule has 23 heavy (non-hydrogen) atoms. The van der Waals surface area contributed by atoms with Gasteiger partial charge in [-0.1, -0.05) is 36.4 Å². The van der Waals surface area contributed by atoms with Gasteiger partial charge in [-0.25, -0.2) is 5.43 Å². The third kappa shape index (κ3) is 3.96. The van der Waals surface area contributed by atoms with Gasteiger partial charge in [0, 0.05) is 4.88 Å². The highest BCUT2D eigenvalue weighted by molar-refractivity contribution is 7.11. The Hall–Kier alpha value is -2.66. The molecule has 0 radical (unpaired) electrons. The summed E-state index contributed by atoms with van der Waals surface area (Å²) >= 11 is 1.55. The number of nitrogens with one attached hydrogen (secondary N) is 1. The minimum Gasteiger partial charge on any atom is -0.481 e. The number of fused-ring (bicyclic) bond motifs is 1. The number of benzene rings is 2. The number of nitrogens with zero attached hydrogens (tertiary/aromatic N) is 1. The van der Waals surface area contributed by atoms with Crippen LogP contribution in [0.25, 0.3) is 10.8 Å². The standard InChI is InChI=1S/C18H16N2O2S/c1-13(18(21)20-19-12-17-7-4-10-23-17)22-16-9-8-14-5-2-3-6-15(14)11-16/h2-13H,1H3,(H,20,21). The van der Waals surface area contributed by atoms with Crippen LogP contribution in [0.3, 0.4) is 0 Å². The van der Waals surface area contributed by atoms with Crippen LogP contribution in [0.15, 0.2) is 65.1 Å².